The average molecular weight is 415 g/mol. The van der Waals surface area contributed by atoms with Crippen molar-refractivity contribution < 1.29 is 9.21 Å². The summed E-state index contributed by atoms with van der Waals surface area (Å²) in [6, 6.07) is 8.96. The third kappa shape index (κ3) is 4.68. The van der Waals surface area contributed by atoms with E-state index >= 15 is 0 Å². The molecule has 2 aliphatic heterocycles. The zero-order chi connectivity index (χ0) is 17.2. The van der Waals surface area contributed by atoms with Gasteiger partial charge in [0.15, 0.2) is 5.58 Å². The summed E-state index contributed by atoms with van der Waals surface area (Å²) >= 11 is 0. The monoisotopic (exact) mass is 414 g/mol. The second kappa shape index (κ2) is 9.62. The summed E-state index contributed by atoms with van der Waals surface area (Å²) in [7, 11) is 1.98. The number of anilines is 1. The fraction of sp³-hybridized carbons (Fsp3) is 0.579. The molecule has 8 heteroatoms. The smallest absolute Gasteiger partial charge is 0.298 e. The van der Waals surface area contributed by atoms with Crippen LogP contribution in [0.3, 0.4) is 0 Å². The van der Waals surface area contributed by atoms with Gasteiger partial charge >= 0.3 is 0 Å². The van der Waals surface area contributed by atoms with Gasteiger partial charge in [-0.15, -0.1) is 24.8 Å². The number of benzene rings is 1. The van der Waals surface area contributed by atoms with Crippen LogP contribution in [0.25, 0.3) is 11.1 Å². The van der Waals surface area contributed by atoms with Crippen LogP contribution in [0.2, 0.25) is 0 Å². The predicted molar refractivity (Wildman–Crippen MR) is 112 cm³/mol. The van der Waals surface area contributed by atoms with Crippen LogP contribution in [0.1, 0.15) is 25.7 Å². The minimum absolute atomic E-state index is 0. The average Bonchev–Trinajstić information content (AvgIpc) is 3.12. The van der Waals surface area contributed by atoms with Crippen molar-refractivity contribution in [2.45, 2.75) is 31.7 Å². The van der Waals surface area contributed by atoms with Gasteiger partial charge in [-0.1, -0.05) is 12.1 Å². The zero-order valence-electron chi connectivity index (χ0n) is 15.6. The van der Waals surface area contributed by atoms with Gasteiger partial charge in [-0.05, 0) is 44.9 Å². The van der Waals surface area contributed by atoms with Gasteiger partial charge in [-0.2, -0.15) is 4.98 Å². The molecule has 0 aliphatic carbocycles. The van der Waals surface area contributed by atoms with Crippen LogP contribution >= 0.6 is 24.8 Å². The normalized spacial score (nSPS) is 20.9. The highest BCUT2D eigenvalue weighted by Gasteiger charge is 2.32. The molecular weight excluding hydrogens is 387 g/mol. The standard InChI is InChI=1S/C19H26N4O2.2ClH/c1-20-15-5-4-10-23(13-15)18(24)14-8-11-22(12-9-14)19-21-16-6-2-3-7-17(16)25-19;;/h2-3,6-7,14-15,20H,4-5,8-13H2,1H3;2*1H. The number of oxazole rings is 1. The molecule has 1 aromatic carbocycles. The molecule has 27 heavy (non-hydrogen) atoms. The number of fused-ring (bicyclic) bond motifs is 1. The van der Waals surface area contributed by atoms with Crippen LogP contribution in [0, 0.1) is 5.92 Å². The van der Waals surface area contributed by atoms with Crippen LogP contribution in [0.5, 0.6) is 0 Å². The molecule has 0 spiro atoms. The van der Waals surface area contributed by atoms with Crippen molar-refractivity contribution >= 4 is 47.8 Å². The number of likely N-dealkylation sites (tertiary alicyclic amines) is 1. The third-order valence-corrected chi connectivity index (χ3v) is 5.54. The summed E-state index contributed by atoms with van der Waals surface area (Å²) in [5, 5.41) is 3.31. The molecule has 2 aliphatic rings. The topological polar surface area (TPSA) is 61.6 Å². The number of halogens is 2. The first kappa shape index (κ1) is 21.8. The molecule has 3 heterocycles. The van der Waals surface area contributed by atoms with Crippen LogP contribution in [-0.4, -0.2) is 55.1 Å². The lowest BCUT2D eigenvalue weighted by Crippen LogP contribution is -2.50. The van der Waals surface area contributed by atoms with Gasteiger partial charge in [0.2, 0.25) is 5.91 Å². The quantitative estimate of drug-likeness (QED) is 0.835. The molecule has 150 valence electrons. The lowest BCUT2D eigenvalue weighted by Gasteiger charge is -2.37. The number of nitrogens with zero attached hydrogens (tertiary/aromatic N) is 3. The minimum Gasteiger partial charge on any atom is -0.423 e. The molecule has 1 aromatic heterocycles. The first-order chi connectivity index (χ1) is 12.2. The lowest BCUT2D eigenvalue weighted by molar-refractivity contribution is -0.137. The van der Waals surface area contributed by atoms with Crippen molar-refractivity contribution in [2.24, 2.45) is 5.92 Å². The van der Waals surface area contributed by atoms with Crippen molar-refractivity contribution in [1.29, 1.82) is 0 Å². The predicted octanol–water partition coefficient (Wildman–Crippen LogP) is 3.10. The highest BCUT2D eigenvalue weighted by Crippen LogP contribution is 2.27. The number of para-hydroxylation sites is 2. The molecule has 0 bridgehead atoms. The summed E-state index contributed by atoms with van der Waals surface area (Å²) in [5.74, 6) is 0.466. The molecule has 1 amide bonds. The molecule has 4 rings (SSSR count). The number of aromatic nitrogens is 1. The van der Waals surface area contributed by atoms with Gasteiger partial charge in [-0.3, -0.25) is 4.79 Å². The lowest BCUT2D eigenvalue weighted by atomic mass is 9.94. The largest absolute Gasteiger partial charge is 0.423 e. The highest BCUT2D eigenvalue weighted by atomic mass is 35.5. The Morgan fingerprint density at radius 2 is 1.89 bits per heavy atom. The van der Waals surface area contributed by atoms with E-state index < -0.39 is 0 Å². The third-order valence-electron chi connectivity index (χ3n) is 5.54. The van der Waals surface area contributed by atoms with Crippen LogP contribution in [-0.2, 0) is 4.79 Å². The van der Waals surface area contributed by atoms with E-state index in [1.165, 1.54) is 0 Å². The van der Waals surface area contributed by atoms with E-state index in [9.17, 15) is 4.79 Å². The molecule has 2 fully saturated rings. The molecule has 2 saturated heterocycles. The van der Waals surface area contributed by atoms with E-state index in [2.05, 4.69) is 20.1 Å². The van der Waals surface area contributed by atoms with Crippen molar-refractivity contribution in [3.63, 3.8) is 0 Å². The van der Waals surface area contributed by atoms with Gasteiger partial charge < -0.3 is 19.5 Å². The van der Waals surface area contributed by atoms with Gasteiger partial charge in [0.05, 0.1) is 0 Å². The minimum atomic E-state index is 0. The van der Waals surface area contributed by atoms with Gasteiger partial charge in [-0.25, -0.2) is 0 Å². The number of rotatable bonds is 3. The Kier molecular flexibility index (Phi) is 7.77. The Bertz CT molecular complexity index is 713. The Morgan fingerprint density at radius 1 is 1.15 bits per heavy atom. The molecule has 1 atom stereocenters. The van der Waals surface area contributed by atoms with Crippen molar-refractivity contribution in [3.05, 3.63) is 24.3 Å². The second-order valence-corrected chi connectivity index (χ2v) is 7.14. The molecule has 1 N–H and O–H groups in total. The summed E-state index contributed by atoms with van der Waals surface area (Å²) in [6.45, 7) is 3.40. The van der Waals surface area contributed by atoms with E-state index in [-0.39, 0.29) is 30.7 Å². The number of likely N-dealkylation sites (N-methyl/N-ethyl adjacent to an activating group) is 1. The Labute approximate surface area is 172 Å². The van der Waals surface area contributed by atoms with E-state index in [0.29, 0.717) is 18.0 Å². The van der Waals surface area contributed by atoms with E-state index in [1.807, 2.05) is 31.3 Å². The molecule has 6 nitrogen and oxygen atoms in total. The van der Waals surface area contributed by atoms with E-state index in [4.69, 9.17) is 4.42 Å². The van der Waals surface area contributed by atoms with Gasteiger partial charge in [0.25, 0.3) is 6.01 Å². The molecular formula is C19H28Cl2N4O2. The summed E-state index contributed by atoms with van der Waals surface area (Å²) < 4.78 is 5.86. The van der Waals surface area contributed by atoms with Gasteiger partial charge in [0.1, 0.15) is 5.52 Å². The van der Waals surface area contributed by atoms with Crippen LogP contribution in [0.15, 0.2) is 28.7 Å². The maximum absolute atomic E-state index is 12.8. The number of hydrogen-bond acceptors (Lipinski definition) is 5. The van der Waals surface area contributed by atoms with Crippen molar-refractivity contribution in [1.82, 2.24) is 15.2 Å². The maximum Gasteiger partial charge on any atom is 0.298 e. The Hall–Kier alpha value is -1.50. The summed E-state index contributed by atoms with van der Waals surface area (Å²) in [4.78, 5) is 21.6. The molecule has 2 aromatic rings. The number of hydrogen-bond donors (Lipinski definition) is 1. The van der Waals surface area contributed by atoms with Crippen LogP contribution < -0.4 is 10.2 Å². The number of carbonyl (C=O) groups is 1. The Balaban J connectivity index is 0.00000131. The summed E-state index contributed by atoms with van der Waals surface area (Å²) in [6.07, 6.45) is 4.01. The number of carbonyl (C=O) groups excluding carboxylic acids is 1. The summed E-state index contributed by atoms with van der Waals surface area (Å²) in [5.41, 5.74) is 1.71. The molecule has 0 saturated carbocycles. The Morgan fingerprint density at radius 3 is 2.59 bits per heavy atom. The second-order valence-electron chi connectivity index (χ2n) is 7.14. The van der Waals surface area contributed by atoms with Crippen LogP contribution in [0.4, 0.5) is 6.01 Å². The molecule has 1 unspecified atom stereocenters. The number of piperidine rings is 2. The first-order valence-corrected chi connectivity index (χ1v) is 9.31. The molecule has 0 radical (unpaired) electrons. The van der Waals surface area contributed by atoms with Crippen molar-refractivity contribution in [2.75, 3.05) is 38.1 Å². The highest BCUT2D eigenvalue weighted by molar-refractivity contribution is 5.85. The first-order valence-electron chi connectivity index (χ1n) is 9.31. The maximum atomic E-state index is 12.8. The zero-order valence-corrected chi connectivity index (χ0v) is 17.2. The van der Waals surface area contributed by atoms with E-state index in [1.54, 1.807) is 0 Å². The fourth-order valence-electron chi connectivity index (χ4n) is 3.98. The fourth-order valence-corrected chi connectivity index (χ4v) is 3.98. The number of nitrogens with one attached hydrogen (secondary N) is 1. The SMILES string of the molecule is CNC1CCCN(C(=O)C2CCN(c3nc4ccccc4o3)CC2)C1.Cl.Cl. The van der Waals surface area contributed by atoms with Crippen molar-refractivity contribution in [3.8, 4) is 0 Å². The number of amides is 1. The van der Waals surface area contributed by atoms with Gasteiger partial charge in [0, 0.05) is 38.1 Å². The van der Waals surface area contributed by atoms with E-state index in [0.717, 1.165) is 63.0 Å².